The lowest BCUT2D eigenvalue weighted by atomic mass is 9.84. The maximum Gasteiger partial charge on any atom is 0.250 e. The molecule has 2 aliphatic rings. The van der Waals surface area contributed by atoms with Gasteiger partial charge in [0.05, 0.1) is 0 Å². The molecule has 0 bridgehead atoms. The van der Waals surface area contributed by atoms with Crippen molar-refractivity contribution in [1.82, 2.24) is 5.32 Å². The van der Waals surface area contributed by atoms with Crippen LogP contribution in [-0.4, -0.2) is 16.8 Å². The molecule has 4 rings (SSSR count). The maximum atomic E-state index is 13.3. The number of rotatable bonds is 3. The molecule has 1 aliphatic heterocycles. The van der Waals surface area contributed by atoms with Crippen LogP contribution in [0.25, 0.3) is 0 Å². The molecule has 0 fully saturated rings. The van der Waals surface area contributed by atoms with Crippen molar-refractivity contribution >= 4 is 11.7 Å². The second-order valence-electron chi connectivity index (χ2n) is 7.92. The van der Waals surface area contributed by atoms with Crippen LogP contribution in [0.2, 0.25) is 0 Å². The highest BCUT2D eigenvalue weighted by atomic mass is 16.5. The third-order valence-corrected chi connectivity index (χ3v) is 5.54. The Hall–Kier alpha value is -2.66. The summed E-state index contributed by atoms with van der Waals surface area (Å²) in [5.74, 6) is -0.396. The zero-order valence-corrected chi connectivity index (χ0v) is 15.9. The Kier molecular flexibility index (Phi) is 3.72. The quantitative estimate of drug-likeness (QED) is 0.876. The van der Waals surface area contributed by atoms with Crippen LogP contribution in [0.1, 0.15) is 60.7 Å². The summed E-state index contributed by atoms with van der Waals surface area (Å²) in [6.07, 6.45) is 0. The van der Waals surface area contributed by atoms with E-state index in [0.717, 1.165) is 5.56 Å². The number of nitrogens with one attached hydrogen (secondary N) is 1. The minimum atomic E-state index is -1.99. The molecule has 0 saturated carbocycles. The van der Waals surface area contributed by atoms with Crippen LogP contribution in [0.5, 0.6) is 5.75 Å². The Morgan fingerprint density at radius 1 is 1.07 bits per heavy atom. The average molecular weight is 365 g/mol. The zero-order valence-electron chi connectivity index (χ0n) is 15.9. The van der Waals surface area contributed by atoms with Crippen LogP contribution in [-0.2, 0) is 16.1 Å². The van der Waals surface area contributed by atoms with E-state index in [-0.39, 0.29) is 17.7 Å². The van der Waals surface area contributed by atoms with Gasteiger partial charge < -0.3 is 15.2 Å². The van der Waals surface area contributed by atoms with Gasteiger partial charge in [0.15, 0.2) is 0 Å². The van der Waals surface area contributed by atoms with Crippen LogP contribution in [0.15, 0.2) is 42.5 Å². The van der Waals surface area contributed by atoms with Crippen molar-refractivity contribution in [2.75, 3.05) is 0 Å². The van der Waals surface area contributed by atoms with Crippen molar-refractivity contribution in [3.8, 4) is 5.75 Å². The molecule has 2 aromatic carbocycles. The number of aliphatic hydroxyl groups is 1. The summed E-state index contributed by atoms with van der Waals surface area (Å²) in [7, 11) is 0. The van der Waals surface area contributed by atoms with Crippen molar-refractivity contribution in [3.05, 3.63) is 64.7 Å². The normalized spacial score (nSPS) is 25.2. The summed E-state index contributed by atoms with van der Waals surface area (Å²) in [6.45, 7) is 7.63. The minimum absolute atomic E-state index is 0.262. The fourth-order valence-corrected chi connectivity index (χ4v) is 3.93. The topological polar surface area (TPSA) is 75.6 Å². The van der Waals surface area contributed by atoms with Gasteiger partial charge in [-0.1, -0.05) is 64.1 Å². The minimum Gasteiger partial charge on any atom is -0.459 e. The van der Waals surface area contributed by atoms with Crippen LogP contribution in [0, 0.1) is 5.92 Å². The van der Waals surface area contributed by atoms with Crippen molar-refractivity contribution in [2.45, 2.75) is 44.9 Å². The predicted molar refractivity (Wildman–Crippen MR) is 100 cm³/mol. The smallest absolute Gasteiger partial charge is 0.250 e. The Bertz CT molecular complexity index is 965. The number of hydrogen-bond donors (Lipinski definition) is 2. The van der Waals surface area contributed by atoms with Crippen LogP contribution in [0.4, 0.5) is 0 Å². The lowest BCUT2D eigenvalue weighted by Gasteiger charge is -2.35. The van der Waals surface area contributed by atoms with Gasteiger partial charge in [0, 0.05) is 22.6 Å². The number of Topliss-reactive ketones (excluding diaryl/α,β-unsaturated/α-hetero) is 1. The van der Waals surface area contributed by atoms with E-state index in [1.165, 1.54) is 0 Å². The SMILES string of the molecule is CC(C)C(=O)NC12Oc3cc(C(C)C)ccc3C1(O)C(=O)c1ccccc12. The van der Waals surface area contributed by atoms with Gasteiger partial charge in [0.25, 0.3) is 5.72 Å². The highest BCUT2D eigenvalue weighted by molar-refractivity contribution is 6.10. The number of amides is 1. The van der Waals surface area contributed by atoms with E-state index in [4.69, 9.17) is 4.74 Å². The molecule has 0 aromatic heterocycles. The summed E-state index contributed by atoms with van der Waals surface area (Å²) in [4.78, 5) is 25.9. The number of benzene rings is 2. The molecule has 27 heavy (non-hydrogen) atoms. The molecule has 5 nitrogen and oxygen atoms in total. The van der Waals surface area contributed by atoms with Gasteiger partial charge in [-0.3, -0.25) is 9.59 Å². The van der Waals surface area contributed by atoms with E-state index in [2.05, 4.69) is 19.2 Å². The number of carbonyl (C=O) groups is 2. The largest absolute Gasteiger partial charge is 0.459 e. The second-order valence-corrected chi connectivity index (χ2v) is 7.92. The molecule has 5 heteroatoms. The number of hydrogen-bond acceptors (Lipinski definition) is 4. The van der Waals surface area contributed by atoms with Gasteiger partial charge in [-0.05, 0) is 17.5 Å². The lowest BCUT2D eigenvalue weighted by Crippen LogP contribution is -2.60. The molecule has 0 radical (unpaired) electrons. The third kappa shape index (κ3) is 2.15. The van der Waals surface area contributed by atoms with Crippen molar-refractivity contribution in [3.63, 3.8) is 0 Å². The van der Waals surface area contributed by atoms with Crippen LogP contribution < -0.4 is 10.1 Å². The van der Waals surface area contributed by atoms with Gasteiger partial charge in [-0.15, -0.1) is 0 Å². The highest BCUT2D eigenvalue weighted by Crippen LogP contribution is 2.58. The molecule has 0 spiro atoms. The monoisotopic (exact) mass is 365 g/mol. The van der Waals surface area contributed by atoms with Gasteiger partial charge in [0.1, 0.15) is 5.75 Å². The molecule has 1 amide bonds. The number of ether oxygens (including phenoxy) is 1. The maximum absolute atomic E-state index is 13.3. The Morgan fingerprint density at radius 3 is 2.44 bits per heavy atom. The number of carbonyl (C=O) groups excluding carboxylic acids is 2. The van der Waals surface area contributed by atoms with Gasteiger partial charge in [-0.25, -0.2) is 0 Å². The summed E-state index contributed by atoms with van der Waals surface area (Å²) in [5, 5.41) is 14.5. The predicted octanol–water partition coefficient (Wildman–Crippen LogP) is 3.21. The van der Waals surface area contributed by atoms with E-state index in [9.17, 15) is 14.7 Å². The van der Waals surface area contributed by atoms with E-state index in [1.807, 2.05) is 12.1 Å². The van der Waals surface area contributed by atoms with Crippen molar-refractivity contribution < 1.29 is 19.4 Å². The standard InChI is InChI=1S/C22H23NO4/c1-12(2)14-9-10-17-18(11-14)27-22(23-20(25)13(3)4)16-8-6-5-7-15(16)19(24)21(17,22)26/h5-13,26H,1-4H3,(H,23,25). The molecule has 1 heterocycles. The first-order chi connectivity index (χ1) is 12.7. The first-order valence-corrected chi connectivity index (χ1v) is 9.24. The molecule has 2 N–H and O–H groups in total. The fraction of sp³-hybridized carbons (Fsp3) is 0.364. The summed E-state index contributed by atoms with van der Waals surface area (Å²) < 4.78 is 6.23. The molecule has 2 unspecified atom stereocenters. The molecule has 0 saturated heterocycles. The van der Waals surface area contributed by atoms with Crippen molar-refractivity contribution in [2.24, 2.45) is 5.92 Å². The van der Waals surface area contributed by atoms with Crippen LogP contribution >= 0.6 is 0 Å². The molecule has 140 valence electrons. The van der Waals surface area contributed by atoms with Gasteiger partial charge in [-0.2, -0.15) is 0 Å². The number of ketones is 1. The molecular formula is C22H23NO4. The van der Waals surface area contributed by atoms with Gasteiger partial charge >= 0.3 is 0 Å². The first-order valence-electron chi connectivity index (χ1n) is 9.24. The Morgan fingerprint density at radius 2 is 1.78 bits per heavy atom. The highest BCUT2D eigenvalue weighted by Gasteiger charge is 2.71. The van der Waals surface area contributed by atoms with E-state index in [0.29, 0.717) is 22.4 Å². The Labute approximate surface area is 158 Å². The Balaban J connectivity index is 1.96. The number of fused-ring (bicyclic) bond motifs is 5. The fourth-order valence-electron chi connectivity index (χ4n) is 3.93. The van der Waals surface area contributed by atoms with E-state index < -0.39 is 17.1 Å². The summed E-state index contributed by atoms with van der Waals surface area (Å²) in [6, 6.07) is 12.4. The van der Waals surface area contributed by atoms with Crippen molar-refractivity contribution in [1.29, 1.82) is 0 Å². The average Bonchev–Trinajstić information content (AvgIpc) is 2.99. The molecular weight excluding hydrogens is 342 g/mol. The summed E-state index contributed by atoms with van der Waals surface area (Å²) >= 11 is 0. The van der Waals surface area contributed by atoms with Gasteiger partial charge in [0.2, 0.25) is 17.3 Å². The summed E-state index contributed by atoms with van der Waals surface area (Å²) in [5.41, 5.74) is -1.39. The lowest BCUT2D eigenvalue weighted by molar-refractivity contribution is -0.144. The third-order valence-electron chi connectivity index (χ3n) is 5.54. The molecule has 2 atom stereocenters. The first kappa shape index (κ1) is 17.7. The zero-order chi connectivity index (χ0) is 19.6. The van der Waals surface area contributed by atoms with Crippen LogP contribution in [0.3, 0.4) is 0 Å². The molecule has 2 aromatic rings. The van der Waals surface area contributed by atoms with E-state index >= 15 is 0 Å². The molecule has 1 aliphatic carbocycles. The second kappa shape index (κ2) is 5.67. The van der Waals surface area contributed by atoms with E-state index in [1.54, 1.807) is 44.2 Å².